The van der Waals surface area contributed by atoms with Crippen molar-refractivity contribution >= 4 is 23.2 Å². The van der Waals surface area contributed by atoms with Crippen molar-refractivity contribution in [1.82, 2.24) is 0 Å². The number of nitrogens with one attached hydrogen (secondary N) is 1. The molecule has 130 valence electrons. The fraction of sp³-hybridized carbons (Fsp3) is 0.333. The van der Waals surface area contributed by atoms with Crippen LogP contribution in [0.5, 0.6) is 0 Å². The fourth-order valence-electron chi connectivity index (χ4n) is 3.21. The van der Waals surface area contributed by atoms with Crippen LogP contribution in [0.25, 0.3) is 0 Å². The topological polar surface area (TPSA) is 49.4 Å². The molecule has 4 nitrogen and oxygen atoms in total. The third-order valence-corrected chi connectivity index (χ3v) is 4.50. The number of aryl methyl sites for hydroxylation is 2. The Morgan fingerprint density at radius 1 is 1.12 bits per heavy atom. The van der Waals surface area contributed by atoms with Crippen LogP contribution in [0.1, 0.15) is 41.8 Å². The molecular formula is C21H24N2O2. The van der Waals surface area contributed by atoms with Gasteiger partial charge in [-0.05, 0) is 55.7 Å². The predicted octanol–water partition coefficient (Wildman–Crippen LogP) is 4.18. The number of carbonyl (C=O) groups excluding carboxylic acids is 2. The van der Waals surface area contributed by atoms with Gasteiger partial charge in [0.25, 0.3) is 5.91 Å². The highest BCUT2D eigenvalue weighted by atomic mass is 16.2. The first kappa shape index (κ1) is 17.2. The largest absolute Gasteiger partial charge is 0.322 e. The molecule has 2 aromatic rings. The van der Waals surface area contributed by atoms with Crippen LogP contribution in [0.2, 0.25) is 0 Å². The zero-order chi connectivity index (χ0) is 18.0. The summed E-state index contributed by atoms with van der Waals surface area (Å²) in [5.41, 5.74) is 4.56. The summed E-state index contributed by atoms with van der Waals surface area (Å²) in [5, 5.41) is 2.96. The molecule has 0 unspecified atom stereocenters. The molecule has 0 atom stereocenters. The van der Waals surface area contributed by atoms with E-state index in [2.05, 4.69) is 5.32 Å². The Morgan fingerprint density at radius 3 is 2.64 bits per heavy atom. The molecule has 0 aromatic heterocycles. The van der Waals surface area contributed by atoms with E-state index < -0.39 is 0 Å². The minimum Gasteiger partial charge on any atom is -0.322 e. The van der Waals surface area contributed by atoms with Crippen molar-refractivity contribution in [3.63, 3.8) is 0 Å². The van der Waals surface area contributed by atoms with Gasteiger partial charge in [-0.25, -0.2) is 0 Å². The van der Waals surface area contributed by atoms with Crippen LogP contribution in [0.15, 0.2) is 42.5 Å². The van der Waals surface area contributed by atoms with E-state index in [-0.39, 0.29) is 17.7 Å². The van der Waals surface area contributed by atoms with Gasteiger partial charge in [-0.3, -0.25) is 9.59 Å². The minimum atomic E-state index is -0.116. The number of nitrogens with zero attached hydrogens (tertiary/aromatic N) is 1. The maximum Gasteiger partial charge on any atom is 0.255 e. The van der Waals surface area contributed by atoms with Gasteiger partial charge in [0.15, 0.2) is 0 Å². The SMILES string of the molecule is Cc1cccc(C(=O)Nc2ccc3c(c2)CCCN3C(=O)C(C)C)c1. The predicted molar refractivity (Wildman–Crippen MR) is 101 cm³/mol. The maximum atomic E-state index is 12.4. The van der Waals surface area contributed by atoms with Crippen LogP contribution in [0, 0.1) is 12.8 Å². The van der Waals surface area contributed by atoms with Crippen molar-refractivity contribution in [1.29, 1.82) is 0 Å². The van der Waals surface area contributed by atoms with E-state index in [0.29, 0.717) is 5.56 Å². The molecule has 1 N–H and O–H groups in total. The molecule has 0 aliphatic carbocycles. The summed E-state index contributed by atoms with van der Waals surface area (Å²) >= 11 is 0. The molecule has 1 aliphatic rings. The molecule has 0 radical (unpaired) electrons. The highest BCUT2D eigenvalue weighted by Gasteiger charge is 2.24. The van der Waals surface area contributed by atoms with Gasteiger partial charge in [-0.2, -0.15) is 0 Å². The van der Waals surface area contributed by atoms with Crippen molar-refractivity contribution in [3.8, 4) is 0 Å². The second-order valence-electron chi connectivity index (χ2n) is 6.92. The van der Waals surface area contributed by atoms with Crippen molar-refractivity contribution in [2.45, 2.75) is 33.6 Å². The number of benzene rings is 2. The van der Waals surface area contributed by atoms with Gasteiger partial charge in [-0.15, -0.1) is 0 Å². The molecule has 0 saturated heterocycles. The average molecular weight is 336 g/mol. The summed E-state index contributed by atoms with van der Waals surface area (Å²) in [5.74, 6) is 0.0127. The minimum absolute atomic E-state index is 0.0216. The van der Waals surface area contributed by atoms with Gasteiger partial charge in [0, 0.05) is 29.4 Å². The van der Waals surface area contributed by atoms with E-state index in [1.54, 1.807) is 0 Å². The van der Waals surface area contributed by atoms with E-state index >= 15 is 0 Å². The maximum absolute atomic E-state index is 12.4. The van der Waals surface area contributed by atoms with Gasteiger partial charge >= 0.3 is 0 Å². The fourth-order valence-corrected chi connectivity index (χ4v) is 3.21. The third-order valence-electron chi connectivity index (χ3n) is 4.50. The molecule has 2 amide bonds. The van der Waals surface area contributed by atoms with E-state index in [1.165, 1.54) is 0 Å². The Kier molecular flexibility index (Phi) is 4.88. The third kappa shape index (κ3) is 3.73. The number of fused-ring (bicyclic) bond motifs is 1. The highest BCUT2D eigenvalue weighted by Crippen LogP contribution is 2.31. The summed E-state index contributed by atoms with van der Waals surface area (Å²) in [6.07, 6.45) is 1.87. The second kappa shape index (κ2) is 7.09. The van der Waals surface area contributed by atoms with Gasteiger partial charge in [0.1, 0.15) is 0 Å². The zero-order valence-electron chi connectivity index (χ0n) is 15.0. The van der Waals surface area contributed by atoms with Crippen LogP contribution >= 0.6 is 0 Å². The van der Waals surface area contributed by atoms with Crippen LogP contribution in [-0.4, -0.2) is 18.4 Å². The Bertz CT molecular complexity index is 811. The van der Waals surface area contributed by atoms with Crippen molar-refractivity contribution in [2.24, 2.45) is 5.92 Å². The molecule has 0 fully saturated rings. The monoisotopic (exact) mass is 336 g/mol. The number of anilines is 2. The number of hydrogen-bond acceptors (Lipinski definition) is 2. The zero-order valence-corrected chi connectivity index (χ0v) is 15.0. The Labute approximate surface area is 148 Å². The molecule has 4 heteroatoms. The Balaban J connectivity index is 1.81. The molecule has 0 bridgehead atoms. The number of rotatable bonds is 3. The standard InChI is InChI=1S/C21H24N2O2/c1-14(2)21(25)23-11-5-8-16-13-18(9-10-19(16)23)22-20(24)17-7-4-6-15(3)12-17/h4,6-7,9-10,12-14H,5,8,11H2,1-3H3,(H,22,24). The first-order valence-corrected chi connectivity index (χ1v) is 8.78. The quantitative estimate of drug-likeness (QED) is 0.914. The van der Waals surface area contributed by atoms with Gasteiger partial charge in [-0.1, -0.05) is 31.5 Å². The summed E-state index contributed by atoms with van der Waals surface area (Å²) in [6.45, 7) is 6.58. The van der Waals surface area contributed by atoms with Gasteiger partial charge < -0.3 is 10.2 Å². The smallest absolute Gasteiger partial charge is 0.255 e. The van der Waals surface area contributed by atoms with E-state index in [9.17, 15) is 9.59 Å². The molecule has 0 saturated carbocycles. The molecule has 2 aromatic carbocycles. The molecular weight excluding hydrogens is 312 g/mol. The summed E-state index contributed by atoms with van der Waals surface area (Å²) < 4.78 is 0. The highest BCUT2D eigenvalue weighted by molar-refractivity contribution is 6.04. The summed E-state index contributed by atoms with van der Waals surface area (Å²) in [4.78, 5) is 26.7. The number of hydrogen-bond donors (Lipinski definition) is 1. The summed E-state index contributed by atoms with van der Waals surface area (Å²) in [7, 11) is 0. The van der Waals surface area contributed by atoms with Crippen LogP contribution in [-0.2, 0) is 11.2 Å². The molecule has 25 heavy (non-hydrogen) atoms. The lowest BCUT2D eigenvalue weighted by molar-refractivity contribution is -0.121. The lowest BCUT2D eigenvalue weighted by Gasteiger charge is -2.31. The lowest BCUT2D eigenvalue weighted by Crippen LogP contribution is -2.38. The van der Waals surface area contributed by atoms with Crippen molar-refractivity contribution in [2.75, 3.05) is 16.8 Å². The average Bonchev–Trinajstić information content (AvgIpc) is 2.60. The summed E-state index contributed by atoms with van der Waals surface area (Å²) in [6, 6.07) is 13.3. The molecule has 0 spiro atoms. The Morgan fingerprint density at radius 2 is 1.92 bits per heavy atom. The number of carbonyl (C=O) groups is 2. The van der Waals surface area contributed by atoms with Crippen LogP contribution < -0.4 is 10.2 Å². The van der Waals surface area contributed by atoms with Crippen LogP contribution in [0.4, 0.5) is 11.4 Å². The van der Waals surface area contributed by atoms with Gasteiger partial charge in [0.05, 0.1) is 0 Å². The van der Waals surface area contributed by atoms with E-state index in [1.807, 2.05) is 68.1 Å². The Hall–Kier alpha value is -2.62. The first-order valence-electron chi connectivity index (χ1n) is 8.78. The molecule has 1 heterocycles. The molecule has 3 rings (SSSR count). The van der Waals surface area contributed by atoms with Crippen molar-refractivity contribution in [3.05, 3.63) is 59.2 Å². The number of amides is 2. The lowest BCUT2D eigenvalue weighted by atomic mass is 9.99. The second-order valence-corrected chi connectivity index (χ2v) is 6.92. The molecule has 1 aliphatic heterocycles. The van der Waals surface area contributed by atoms with E-state index in [4.69, 9.17) is 0 Å². The van der Waals surface area contributed by atoms with Crippen molar-refractivity contribution < 1.29 is 9.59 Å². The first-order chi connectivity index (χ1) is 12.0. The van der Waals surface area contributed by atoms with Gasteiger partial charge in [0.2, 0.25) is 5.91 Å². The normalized spacial score (nSPS) is 13.5. The van der Waals surface area contributed by atoms with E-state index in [0.717, 1.165) is 41.9 Å². The van der Waals surface area contributed by atoms with Crippen LogP contribution in [0.3, 0.4) is 0 Å².